The highest BCUT2D eigenvalue weighted by Crippen LogP contribution is 2.40. The smallest absolute Gasteiger partial charge is 0.179 e. The van der Waals surface area contributed by atoms with E-state index in [4.69, 9.17) is 0 Å². The van der Waals surface area contributed by atoms with Gasteiger partial charge in [0.05, 0.1) is 0 Å². The maximum Gasteiger partial charge on any atom is 0.179 e. The summed E-state index contributed by atoms with van der Waals surface area (Å²) in [6.45, 7) is 3.83. The van der Waals surface area contributed by atoms with Crippen LogP contribution in [0.15, 0.2) is 24.3 Å². The van der Waals surface area contributed by atoms with Crippen molar-refractivity contribution in [2.24, 2.45) is 0 Å². The lowest BCUT2D eigenvalue weighted by Crippen LogP contribution is -2.28. The van der Waals surface area contributed by atoms with Crippen LogP contribution in [0.4, 0.5) is 10.1 Å². The molecular weight excluding hydrogens is 153 g/mol. The SMILES string of the molecule is CC1(C)c2ccccc2NC1F. The molecule has 2 rings (SSSR count). The normalized spacial score (nSPS) is 24.8. The second-order valence-electron chi connectivity index (χ2n) is 3.77. The van der Waals surface area contributed by atoms with Crippen LogP contribution in [0.1, 0.15) is 19.4 Å². The Bertz CT molecular complexity index is 306. The molecule has 1 heterocycles. The van der Waals surface area contributed by atoms with E-state index in [1.54, 1.807) is 0 Å². The maximum atomic E-state index is 13.4. The minimum atomic E-state index is -0.963. The molecule has 0 radical (unpaired) electrons. The molecule has 0 saturated carbocycles. The van der Waals surface area contributed by atoms with Crippen LogP contribution in [0.3, 0.4) is 0 Å². The lowest BCUT2D eigenvalue weighted by molar-refractivity contribution is 0.263. The Balaban J connectivity index is 2.55. The van der Waals surface area contributed by atoms with Crippen molar-refractivity contribution < 1.29 is 4.39 Å². The van der Waals surface area contributed by atoms with Crippen LogP contribution in [0.25, 0.3) is 0 Å². The van der Waals surface area contributed by atoms with Gasteiger partial charge in [0.25, 0.3) is 0 Å². The molecule has 0 aliphatic carbocycles. The van der Waals surface area contributed by atoms with Crippen LogP contribution in [0.5, 0.6) is 0 Å². The summed E-state index contributed by atoms with van der Waals surface area (Å²) in [4.78, 5) is 0. The Labute approximate surface area is 71.6 Å². The van der Waals surface area contributed by atoms with E-state index in [1.807, 2.05) is 38.1 Å². The highest BCUT2D eigenvalue weighted by atomic mass is 19.1. The average molecular weight is 165 g/mol. The Hall–Kier alpha value is -1.05. The van der Waals surface area contributed by atoms with Crippen molar-refractivity contribution in [3.63, 3.8) is 0 Å². The molecule has 1 aliphatic heterocycles. The van der Waals surface area contributed by atoms with Gasteiger partial charge in [-0.2, -0.15) is 0 Å². The van der Waals surface area contributed by atoms with Gasteiger partial charge in [0.1, 0.15) is 0 Å². The quantitative estimate of drug-likeness (QED) is 0.583. The van der Waals surface area contributed by atoms with Gasteiger partial charge < -0.3 is 5.32 Å². The molecule has 0 aromatic heterocycles. The third-order valence-corrected chi connectivity index (χ3v) is 2.54. The molecule has 1 nitrogen and oxygen atoms in total. The zero-order chi connectivity index (χ0) is 8.77. The van der Waals surface area contributed by atoms with Crippen LogP contribution >= 0.6 is 0 Å². The van der Waals surface area contributed by atoms with E-state index < -0.39 is 11.7 Å². The Morgan fingerprint density at radius 1 is 1.33 bits per heavy atom. The van der Waals surface area contributed by atoms with E-state index in [9.17, 15) is 4.39 Å². The van der Waals surface area contributed by atoms with E-state index in [1.165, 1.54) is 0 Å². The van der Waals surface area contributed by atoms with Gasteiger partial charge in [-0.1, -0.05) is 32.0 Å². The first-order valence-electron chi connectivity index (χ1n) is 4.12. The molecule has 64 valence electrons. The van der Waals surface area contributed by atoms with Gasteiger partial charge in [0.2, 0.25) is 0 Å². The van der Waals surface area contributed by atoms with Crippen molar-refractivity contribution in [2.75, 3.05) is 5.32 Å². The zero-order valence-electron chi connectivity index (χ0n) is 7.26. The fourth-order valence-corrected chi connectivity index (χ4v) is 1.62. The van der Waals surface area contributed by atoms with Gasteiger partial charge >= 0.3 is 0 Å². The topological polar surface area (TPSA) is 12.0 Å². The van der Waals surface area contributed by atoms with E-state index in [0.29, 0.717) is 0 Å². The Morgan fingerprint density at radius 2 is 2.00 bits per heavy atom. The third kappa shape index (κ3) is 0.840. The second kappa shape index (κ2) is 2.22. The number of halogens is 1. The maximum absolute atomic E-state index is 13.4. The molecule has 1 unspecified atom stereocenters. The average Bonchev–Trinajstić information content (AvgIpc) is 2.25. The summed E-state index contributed by atoms with van der Waals surface area (Å²) in [5, 5.41) is 2.82. The lowest BCUT2D eigenvalue weighted by atomic mass is 9.86. The van der Waals surface area contributed by atoms with Gasteiger partial charge in [-0.05, 0) is 11.6 Å². The minimum Gasteiger partial charge on any atom is -0.355 e. The molecule has 2 heteroatoms. The third-order valence-electron chi connectivity index (χ3n) is 2.54. The number of anilines is 1. The van der Waals surface area contributed by atoms with E-state index in [2.05, 4.69) is 5.32 Å². The van der Waals surface area contributed by atoms with Gasteiger partial charge in [0.15, 0.2) is 6.30 Å². The molecule has 0 fully saturated rings. The van der Waals surface area contributed by atoms with E-state index in [-0.39, 0.29) is 0 Å². The minimum absolute atomic E-state index is 0.392. The van der Waals surface area contributed by atoms with Gasteiger partial charge in [0, 0.05) is 11.1 Å². The summed E-state index contributed by atoms with van der Waals surface area (Å²) in [6, 6.07) is 7.75. The summed E-state index contributed by atoms with van der Waals surface area (Å²) in [6.07, 6.45) is -0.963. The molecule has 12 heavy (non-hydrogen) atoms. The molecule has 0 saturated heterocycles. The van der Waals surface area contributed by atoms with Gasteiger partial charge in [-0.15, -0.1) is 0 Å². The van der Waals surface area contributed by atoms with Crippen molar-refractivity contribution in [1.29, 1.82) is 0 Å². The number of hydrogen-bond acceptors (Lipinski definition) is 1. The lowest BCUT2D eigenvalue weighted by Gasteiger charge is -2.20. The predicted molar refractivity (Wildman–Crippen MR) is 48.0 cm³/mol. The largest absolute Gasteiger partial charge is 0.355 e. The number of rotatable bonds is 0. The first-order chi connectivity index (χ1) is 5.62. The standard InChI is InChI=1S/C10H12FN/c1-10(2)7-5-3-4-6-8(7)12-9(10)11/h3-6,9,12H,1-2H3. The number of fused-ring (bicyclic) bond motifs is 1. The molecular formula is C10H12FN. The van der Waals surface area contributed by atoms with Crippen molar-refractivity contribution >= 4 is 5.69 Å². The number of para-hydroxylation sites is 1. The monoisotopic (exact) mass is 165 g/mol. The predicted octanol–water partition coefficient (Wildman–Crippen LogP) is 2.69. The van der Waals surface area contributed by atoms with Crippen molar-refractivity contribution in [1.82, 2.24) is 0 Å². The Morgan fingerprint density at radius 3 is 2.67 bits per heavy atom. The Kier molecular flexibility index (Phi) is 1.40. The summed E-state index contributed by atoms with van der Waals surface area (Å²) < 4.78 is 13.4. The van der Waals surface area contributed by atoms with Crippen molar-refractivity contribution in [3.05, 3.63) is 29.8 Å². The summed E-state index contributed by atoms with van der Waals surface area (Å²) in [7, 11) is 0. The number of alkyl halides is 1. The number of benzene rings is 1. The van der Waals surface area contributed by atoms with Crippen molar-refractivity contribution in [2.45, 2.75) is 25.6 Å². The summed E-state index contributed by atoms with van der Waals surface area (Å²) in [5.41, 5.74) is 1.60. The van der Waals surface area contributed by atoms with Crippen LogP contribution in [-0.4, -0.2) is 6.30 Å². The summed E-state index contributed by atoms with van der Waals surface area (Å²) in [5.74, 6) is 0. The van der Waals surface area contributed by atoms with Crippen LogP contribution in [-0.2, 0) is 5.41 Å². The van der Waals surface area contributed by atoms with Crippen molar-refractivity contribution in [3.8, 4) is 0 Å². The summed E-state index contributed by atoms with van der Waals surface area (Å²) >= 11 is 0. The molecule has 1 aliphatic rings. The molecule has 1 aromatic rings. The van der Waals surface area contributed by atoms with Crippen LogP contribution < -0.4 is 5.32 Å². The highest BCUT2D eigenvalue weighted by Gasteiger charge is 2.39. The number of hydrogen-bond donors (Lipinski definition) is 1. The molecule has 1 atom stereocenters. The second-order valence-corrected chi connectivity index (χ2v) is 3.77. The molecule has 1 aromatic carbocycles. The first kappa shape index (κ1) is 7.59. The highest BCUT2D eigenvalue weighted by molar-refractivity contribution is 5.60. The van der Waals surface area contributed by atoms with Gasteiger partial charge in [-0.3, -0.25) is 0 Å². The molecule has 0 amide bonds. The van der Waals surface area contributed by atoms with Crippen LogP contribution in [0, 0.1) is 0 Å². The molecule has 0 spiro atoms. The van der Waals surface area contributed by atoms with Crippen LogP contribution in [0.2, 0.25) is 0 Å². The molecule has 0 bridgehead atoms. The molecule has 1 N–H and O–H groups in total. The fraction of sp³-hybridized carbons (Fsp3) is 0.400. The first-order valence-corrected chi connectivity index (χ1v) is 4.12. The fourth-order valence-electron chi connectivity index (χ4n) is 1.62. The van der Waals surface area contributed by atoms with Gasteiger partial charge in [-0.25, -0.2) is 4.39 Å². The van der Waals surface area contributed by atoms with E-state index in [0.717, 1.165) is 11.3 Å². The zero-order valence-corrected chi connectivity index (χ0v) is 7.26. The van der Waals surface area contributed by atoms with E-state index >= 15 is 0 Å². The number of nitrogens with one attached hydrogen (secondary N) is 1.